The van der Waals surface area contributed by atoms with Gasteiger partial charge in [0, 0.05) is 31.3 Å². The zero-order valence-corrected chi connectivity index (χ0v) is 7.76. The van der Waals surface area contributed by atoms with E-state index in [0.29, 0.717) is 5.78 Å². The lowest BCUT2D eigenvalue weighted by Crippen LogP contribution is -2.10. The zero-order chi connectivity index (χ0) is 8.77. The molecule has 0 atom stereocenters. The Morgan fingerprint density at radius 3 is 2.42 bits per heavy atom. The lowest BCUT2D eigenvalue weighted by atomic mass is 10.0. The number of carbonyl (C=O) groups excluding carboxylic acids is 1. The first kappa shape index (κ1) is 7.84. The smallest absolute Gasteiger partial charge is 0.166 e. The molecule has 2 saturated carbocycles. The van der Waals surface area contributed by atoms with Gasteiger partial charge in [0.25, 0.3) is 0 Å². The Bertz CT molecular complexity index is 249. The molecule has 2 heteroatoms. The topological polar surface area (TPSA) is 20.3 Å². The fourth-order valence-electron chi connectivity index (χ4n) is 2.00. The molecule has 0 amide bonds. The van der Waals surface area contributed by atoms with Crippen LogP contribution in [0.2, 0.25) is 0 Å². The molecule has 0 aromatic carbocycles. The molecule has 0 N–H and O–H groups in total. The van der Waals surface area contributed by atoms with E-state index in [1.807, 2.05) is 25.2 Å². The highest BCUT2D eigenvalue weighted by atomic mass is 16.1. The van der Waals surface area contributed by atoms with Crippen LogP contribution in [0.3, 0.4) is 0 Å². The Balaban J connectivity index is 2.16. The van der Waals surface area contributed by atoms with Crippen molar-refractivity contribution in [3.63, 3.8) is 0 Å². The van der Waals surface area contributed by atoms with Crippen LogP contribution in [-0.4, -0.2) is 24.8 Å². The highest BCUT2D eigenvalue weighted by molar-refractivity contribution is 6.03. The molecule has 0 unspecified atom stereocenters. The number of hydrogen-bond donors (Lipinski definition) is 0. The Labute approximate surface area is 73.2 Å². The summed E-state index contributed by atoms with van der Waals surface area (Å²) in [4.78, 5) is 13.7. The first-order chi connectivity index (χ1) is 5.64. The van der Waals surface area contributed by atoms with Crippen molar-refractivity contribution in [1.29, 1.82) is 0 Å². The molecule has 0 radical (unpaired) electrons. The number of hydrogen-bond acceptors (Lipinski definition) is 2. The molecule has 0 saturated heterocycles. The molecule has 12 heavy (non-hydrogen) atoms. The summed E-state index contributed by atoms with van der Waals surface area (Å²) in [6.07, 6.45) is 6.35. The third-order valence-electron chi connectivity index (χ3n) is 2.91. The minimum Gasteiger partial charge on any atom is -0.383 e. The van der Waals surface area contributed by atoms with Crippen LogP contribution in [0, 0.1) is 5.41 Å². The first-order valence-electron chi connectivity index (χ1n) is 4.56. The SMILES string of the molecule is CN(C)/C=C1/CCC2(CC2)C1=O. The second-order valence-corrected chi connectivity index (χ2v) is 4.23. The van der Waals surface area contributed by atoms with Gasteiger partial charge < -0.3 is 4.90 Å². The van der Waals surface area contributed by atoms with Crippen LogP contribution < -0.4 is 0 Å². The number of Topliss-reactive ketones (excluding diaryl/α,β-unsaturated/α-hetero) is 1. The van der Waals surface area contributed by atoms with Crippen molar-refractivity contribution >= 4 is 5.78 Å². The summed E-state index contributed by atoms with van der Waals surface area (Å²) in [5, 5.41) is 0. The summed E-state index contributed by atoms with van der Waals surface area (Å²) in [5.41, 5.74) is 1.17. The summed E-state index contributed by atoms with van der Waals surface area (Å²) in [6, 6.07) is 0. The number of nitrogens with zero attached hydrogens (tertiary/aromatic N) is 1. The summed E-state index contributed by atoms with van der Waals surface area (Å²) in [6.45, 7) is 0. The molecule has 0 heterocycles. The lowest BCUT2D eigenvalue weighted by molar-refractivity contribution is -0.118. The Morgan fingerprint density at radius 2 is 2.00 bits per heavy atom. The average Bonchev–Trinajstić information content (AvgIpc) is 2.71. The van der Waals surface area contributed by atoms with Crippen LogP contribution in [-0.2, 0) is 4.79 Å². The third-order valence-corrected chi connectivity index (χ3v) is 2.91. The van der Waals surface area contributed by atoms with Gasteiger partial charge in [-0.1, -0.05) is 0 Å². The van der Waals surface area contributed by atoms with Gasteiger partial charge in [-0.05, 0) is 25.7 Å². The molecular weight excluding hydrogens is 150 g/mol. The molecule has 2 rings (SSSR count). The zero-order valence-electron chi connectivity index (χ0n) is 7.76. The number of carbonyl (C=O) groups is 1. The summed E-state index contributed by atoms with van der Waals surface area (Å²) in [7, 11) is 3.94. The molecule has 1 spiro atoms. The van der Waals surface area contributed by atoms with Crippen LogP contribution in [0.15, 0.2) is 11.8 Å². The normalized spacial score (nSPS) is 28.5. The largest absolute Gasteiger partial charge is 0.383 e. The highest BCUT2D eigenvalue weighted by Crippen LogP contribution is 2.56. The quantitative estimate of drug-likeness (QED) is 0.550. The van der Waals surface area contributed by atoms with E-state index in [1.54, 1.807) is 0 Å². The van der Waals surface area contributed by atoms with Gasteiger partial charge in [0.2, 0.25) is 0 Å². The van der Waals surface area contributed by atoms with E-state index < -0.39 is 0 Å². The summed E-state index contributed by atoms with van der Waals surface area (Å²) in [5.74, 6) is 0.427. The second-order valence-electron chi connectivity index (χ2n) is 4.23. The van der Waals surface area contributed by atoms with Crippen molar-refractivity contribution in [1.82, 2.24) is 4.90 Å². The minimum atomic E-state index is 0.127. The van der Waals surface area contributed by atoms with Gasteiger partial charge in [-0.3, -0.25) is 4.79 Å². The fourth-order valence-corrected chi connectivity index (χ4v) is 2.00. The highest BCUT2D eigenvalue weighted by Gasteiger charge is 2.53. The number of allylic oxidation sites excluding steroid dienone is 1. The van der Waals surface area contributed by atoms with E-state index in [4.69, 9.17) is 0 Å². The van der Waals surface area contributed by atoms with E-state index in [-0.39, 0.29) is 5.41 Å². The molecule has 2 nitrogen and oxygen atoms in total. The van der Waals surface area contributed by atoms with Crippen molar-refractivity contribution in [2.75, 3.05) is 14.1 Å². The van der Waals surface area contributed by atoms with Crippen molar-refractivity contribution in [2.24, 2.45) is 5.41 Å². The predicted octanol–water partition coefficient (Wildman–Crippen LogP) is 1.57. The van der Waals surface area contributed by atoms with Gasteiger partial charge in [-0.15, -0.1) is 0 Å². The summed E-state index contributed by atoms with van der Waals surface area (Å²) >= 11 is 0. The van der Waals surface area contributed by atoms with Crippen molar-refractivity contribution in [3.8, 4) is 0 Å². The van der Waals surface area contributed by atoms with Crippen LogP contribution in [0.4, 0.5) is 0 Å². The van der Waals surface area contributed by atoms with Crippen molar-refractivity contribution < 1.29 is 4.79 Å². The van der Waals surface area contributed by atoms with Crippen molar-refractivity contribution in [2.45, 2.75) is 25.7 Å². The molecule has 0 aliphatic heterocycles. The molecule has 2 aliphatic carbocycles. The maximum Gasteiger partial charge on any atom is 0.166 e. The fraction of sp³-hybridized carbons (Fsp3) is 0.700. The standard InChI is InChI=1S/C10H15NO/c1-11(2)7-8-3-4-10(5-6-10)9(8)12/h7H,3-6H2,1-2H3/b8-7-. The Morgan fingerprint density at radius 1 is 1.33 bits per heavy atom. The van der Waals surface area contributed by atoms with Gasteiger partial charge in [-0.25, -0.2) is 0 Å². The van der Waals surface area contributed by atoms with Gasteiger partial charge in [0.15, 0.2) is 5.78 Å². The third kappa shape index (κ3) is 1.06. The van der Waals surface area contributed by atoms with Crippen LogP contribution in [0.1, 0.15) is 25.7 Å². The predicted molar refractivity (Wildman–Crippen MR) is 47.7 cm³/mol. The monoisotopic (exact) mass is 165 g/mol. The first-order valence-corrected chi connectivity index (χ1v) is 4.56. The molecule has 2 fully saturated rings. The number of ketones is 1. The van der Waals surface area contributed by atoms with E-state index >= 15 is 0 Å². The van der Waals surface area contributed by atoms with Crippen LogP contribution in [0.25, 0.3) is 0 Å². The molecule has 0 aromatic heterocycles. The van der Waals surface area contributed by atoms with Gasteiger partial charge in [0.1, 0.15) is 0 Å². The maximum absolute atomic E-state index is 11.7. The Kier molecular flexibility index (Phi) is 1.53. The van der Waals surface area contributed by atoms with Crippen LogP contribution in [0.5, 0.6) is 0 Å². The number of rotatable bonds is 1. The molecule has 0 bridgehead atoms. The van der Waals surface area contributed by atoms with Gasteiger partial charge >= 0.3 is 0 Å². The average molecular weight is 165 g/mol. The minimum absolute atomic E-state index is 0.127. The molecule has 2 aliphatic rings. The lowest BCUT2D eigenvalue weighted by Gasteiger charge is -2.06. The molecule has 66 valence electrons. The van der Waals surface area contributed by atoms with Gasteiger partial charge in [0.05, 0.1) is 0 Å². The molecular formula is C10H15NO. The van der Waals surface area contributed by atoms with Gasteiger partial charge in [-0.2, -0.15) is 0 Å². The molecule has 0 aromatic rings. The summed E-state index contributed by atoms with van der Waals surface area (Å²) < 4.78 is 0. The van der Waals surface area contributed by atoms with E-state index in [9.17, 15) is 4.79 Å². The maximum atomic E-state index is 11.7. The Hall–Kier alpha value is -0.790. The second kappa shape index (κ2) is 2.35. The van der Waals surface area contributed by atoms with Crippen molar-refractivity contribution in [3.05, 3.63) is 11.8 Å². The van der Waals surface area contributed by atoms with Crippen LogP contribution >= 0.6 is 0 Å². The van der Waals surface area contributed by atoms with E-state index in [0.717, 1.165) is 31.3 Å². The van der Waals surface area contributed by atoms with E-state index in [1.165, 1.54) is 0 Å². The van der Waals surface area contributed by atoms with E-state index in [2.05, 4.69) is 0 Å².